The fourth-order valence-corrected chi connectivity index (χ4v) is 3.36. The highest BCUT2D eigenvalue weighted by Gasteiger charge is 2.00. The maximum atomic E-state index is 8.67. The van der Waals surface area contributed by atoms with E-state index in [9.17, 15) is 0 Å². The van der Waals surface area contributed by atoms with Crippen LogP contribution in [0, 0.1) is 11.8 Å². The summed E-state index contributed by atoms with van der Waals surface area (Å²) in [7, 11) is 0. The maximum absolute atomic E-state index is 8.67. The van der Waals surface area contributed by atoms with Crippen LogP contribution in [-0.4, -0.2) is 11.7 Å². The van der Waals surface area contributed by atoms with E-state index in [0.717, 1.165) is 15.7 Å². The summed E-state index contributed by atoms with van der Waals surface area (Å²) < 4.78 is 0. The average molecular weight is 309 g/mol. The number of thioether (sulfide) groups is 1. The molecule has 0 amide bonds. The Bertz CT molecular complexity index is 578. The number of aliphatic hydroxyl groups excluding tert-OH is 1. The summed E-state index contributed by atoms with van der Waals surface area (Å²) in [6.07, 6.45) is 0.534. The van der Waals surface area contributed by atoms with E-state index in [4.69, 9.17) is 16.7 Å². The number of halogens is 1. The molecular weight excluding hydrogens is 296 g/mol. The molecule has 1 aromatic heterocycles. The normalized spacial score (nSPS) is 10.0. The van der Waals surface area contributed by atoms with E-state index in [-0.39, 0.29) is 6.61 Å². The second kappa shape index (κ2) is 7.62. The van der Waals surface area contributed by atoms with E-state index in [1.54, 1.807) is 23.1 Å². The summed E-state index contributed by atoms with van der Waals surface area (Å²) in [6, 6.07) is 12.0. The molecule has 0 aliphatic heterocycles. The fourth-order valence-electron chi connectivity index (χ4n) is 1.41. The third-order valence-electron chi connectivity index (χ3n) is 2.30. The standard InChI is InChI=1S/C15H13ClOS2/c16-12-4-6-13(7-5-12)18-11-15-9-8-14(19-15)3-1-2-10-17/h4-9,17H,2,10-11H2. The van der Waals surface area contributed by atoms with Gasteiger partial charge in [0.05, 0.1) is 11.5 Å². The second-order valence-corrected chi connectivity index (χ2v) is 6.44. The summed E-state index contributed by atoms with van der Waals surface area (Å²) in [4.78, 5) is 3.57. The van der Waals surface area contributed by atoms with Crippen LogP contribution < -0.4 is 0 Å². The molecule has 19 heavy (non-hydrogen) atoms. The number of hydrogen-bond donors (Lipinski definition) is 1. The Morgan fingerprint density at radius 2 is 1.95 bits per heavy atom. The van der Waals surface area contributed by atoms with E-state index >= 15 is 0 Å². The number of rotatable bonds is 4. The van der Waals surface area contributed by atoms with Gasteiger partial charge in [-0.25, -0.2) is 0 Å². The first kappa shape index (κ1) is 14.5. The van der Waals surface area contributed by atoms with Crippen molar-refractivity contribution in [3.8, 4) is 11.8 Å². The highest BCUT2D eigenvalue weighted by molar-refractivity contribution is 7.98. The summed E-state index contributed by atoms with van der Waals surface area (Å²) in [5, 5.41) is 9.43. The van der Waals surface area contributed by atoms with E-state index in [0.29, 0.717) is 6.42 Å². The molecule has 2 aromatic rings. The molecule has 0 aliphatic carbocycles. The quantitative estimate of drug-likeness (QED) is 0.666. The van der Waals surface area contributed by atoms with Crippen molar-refractivity contribution in [3.05, 3.63) is 51.2 Å². The van der Waals surface area contributed by atoms with E-state index in [1.807, 2.05) is 30.3 Å². The predicted octanol–water partition coefficient (Wildman–Crippen LogP) is 4.43. The lowest BCUT2D eigenvalue weighted by Crippen LogP contribution is -1.75. The van der Waals surface area contributed by atoms with Gasteiger partial charge in [-0.3, -0.25) is 0 Å². The van der Waals surface area contributed by atoms with Gasteiger partial charge in [0.2, 0.25) is 0 Å². The molecule has 0 fully saturated rings. The SMILES string of the molecule is OCCC#Cc1ccc(CSc2ccc(Cl)cc2)s1. The Morgan fingerprint density at radius 1 is 1.16 bits per heavy atom. The average Bonchev–Trinajstić information content (AvgIpc) is 2.86. The molecule has 1 nitrogen and oxygen atoms in total. The summed E-state index contributed by atoms with van der Waals surface area (Å²) in [6.45, 7) is 0.123. The van der Waals surface area contributed by atoms with E-state index < -0.39 is 0 Å². The molecule has 1 N–H and O–H groups in total. The molecule has 2 rings (SSSR count). The van der Waals surface area contributed by atoms with Crippen LogP contribution in [0.1, 0.15) is 16.2 Å². The van der Waals surface area contributed by atoms with Crippen molar-refractivity contribution in [3.63, 3.8) is 0 Å². The Hall–Kier alpha value is -0.920. The van der Waals surface area contributed by atoms with Crippen molar-refractivity contribution in [2.45, 2.75) is 17.1 Å². The zero-order valence-electron chi connectivity index (χ0n) is 10.2. The fraction of sp³-hybridized carbons (Fsp3) is 0.200. The smallest absolute Gasteiger partial charge is 0.0771 e. The summed E-state index contributed by atoms with van der Waals surface area (Å²) in [5.74, 6) is 6.93. The van der Waals surface area contributed by atoms with E-state index in [2.05, 4.69) is 17.9 Å². The van der Waals surface area contributed by atoms with Crippen molar-refractivity contribution in [1.82, 2.24) is 0 Å². The van der Waals surface area contributed by atoms with Gasteiger partial charge in [0.1, 0.15) is 0 Å². The lowest BCUT2D eigenvalue weighted by molar-refractivity contribution is 0.305. The van der Waals surface area contributed by atoms with Gasteiger partial charge in [-0.2, -0.15) is 0 Å². The third kappa shape index (κ3) is 4.93. The number of benzene rings is 1. The van der Waals surface area contributed by atoms with Crippen molar-refractivity contribution in [1.29, 1.82) is 0 Å². The van der Waals surface area contributed by atoms with Gasteiger partial charge in [0.15, 0.2) is 0 Å². The molecule has 0 radical (unpaired) electrons. The second-order valence-electron chi connectivity index (χ2n) is 3.78. The molecule has 1 aromatic carbocycles. The van der Waals surface area contributed by atoms with Crippen LogP contribution in [0.5, 0.6) is 0 Å². The highest BCUT2D eigenvalue weighted by atomic mass is 35.5. The summed E-state index contributed by atoms with van der Waals surface area (Å²) >= 11 is 9.34. The Labute approximate surface area is 126 Å². The lowest BCUT2D eigenvalue weighted by Gasteiger charge is -1.99. The third-order valence-corrected chi connectivity index (χ3v) is 4.80. The Balaban J connectivity index is 1.90. The van der Waals surface area contributed by atoms with Crippen molar-refractivity contribution in [2.75, 3.05) is 6.61 Å². The minimum Gasteiger partial charge on any atom is -0.395 e. The van der Waals surface area contributed by atoms with Gasteiger partial charge in [0, 0.05) is 27.0 Å². The molecule has 0 aliphatic rings. The molecule has 0 bridgehead atoms. The molecular formula is C15H13ClOS2. The maximum Gasteiger partial charge on any atom is 0.0771 e. The molecule has 1 heterocycles. The molecule has 0 saturated heterocycles. The predicted molar refractivity (Wildman–Crippen MR) is 83.9 cm³/mol. The van der Waals surface area contributed by atoms with Crippen LogP contribution in [0.25, 0.3) is 0 Å². The van der Waals surface area contributed by atoms with Crippen LogP contribution >= 0.6 is 34.7 Å². The Morgan fingerprint density at radius 3 is 2.68 bits per heavy atom. The highest BCUT2D eigenvalue weighted by Crippen LogP contribution is 2.27. The van der Waals surface area contributed by atoms with Gasteiger partial charge in [0.25, 0.3) is 0 Å². The summed E-state index contributed by atoms with van der Waals surface area (Å²) in [5.41, 5.74) is 0. The zero-order chi connectivity index (χ0) is 13.5. The number of hydrogen-bond acceptors (Lipinski definition) is 3. The molecule has 0 atom stereocenters. The molecule has 98 valence electrons. The first-order valence-corrected chi connectivity index (χ1v) is 8.03. The monoisotopic (exact) mass is 308 g/mol. The van der Waals surface area contributed by atoms with Gasteiger partial charge < -0.3 is 5.11 Å². The minimum atomic E-state index is 0.123. The van der Waals surface area contributed by atoms with Crippen molar-refractivity contribution in [2.24, 2.45) is 0 Å². The largest absolute Gasteiger partial charge is 0.395 e. The zero-order valence-corrected chi connectivity index (χ0v) is 12.6. The molecule has 4 heteroatoms. The number of thiophene rings is 1. The molecule has 0 unspecified atom stereocenters. The van der Waals surface area contributed by atoms with Crippen LogP contribution in [0.3, 0.4) is 0 Å². The number of aliphatic hydroxyl groups is 1. The Kier molecular flexibility index (Phi) is 5.81. The first-order valence-electron chi connectivity index (χ1n) is 5.85. The van der Waals surface area contributed by atoms with Gasteiger partial charge in [-0.15, -0.1) is 23.1 Å². The van der Waals surface area contributed by atoms with Gasteiger partial charge in [-0.05, 0) is 36.4 Å². The van der Waals surface area contributed by atoms with Crippen LogP contribution in [0.2, 0.25) is 5.02 Å². The molecule has 0 saturated carbocycles. The van der Waals surface area contributed by atoms with Crippen molar-refractivity contribution >= 4 is 34.7 Å². The van der Waals surface area contributed by atoms with Crippen molar-refractivity contribution < 1.29 is 5.11 Å². The topological polar surface area (TPSA) is 20.2 Å². The van der Waals surface area contributed by atoms with Crippen LogP contribution in [0.4, 0.5) is 0 Å². The first-order chi connectivity index (χ1) is 9.28. The minimum absolute atomic E-state index is 0.123. The van der Waals surface area contributed by atoms with Gasteiger partial charge in [-0.1, -0.05) is 23.4 Å². The lowest BCUT2D eigenvalue weighted by atomic mass is 10.4. The van der Waals surface area contributed by atoms with Crippen LogP contribution in [-0.2, 0) is 5.75 Å². The molecule has 0 spiro atoms. The van der Waals surface area contributed by atoms with E-state index in [1.165, 1.54) is 9.77 Å². The van der Waals surface area contributed by atoms with Crippen LogP contribution in [0.15, 0.2) is 41.3 Å². The van der Waals surface area contributed by atoms with Gasteiger partial charge >= 0.3 is 0 Å².